The number of unbranched alkanes of at least 4 members (excludes halogenated alkanes) is 1. The molecule has 1 heterocycles. The SMILES string of the molecule is Cc1cc(O)cc(C)c1C[C@H](NC(=O)[C@H](N)CCCN=C(N)N)C(=O)N[C@@H](CCCCN)c1nc(Cc2ccc(C(C)(C)C)cc2)no1. The summed E-state index contributed by atoms with van der Waals surface area (Å²) in [6, 6.07) is 9.11. The largest absolute Gasteiger partial charge is 0.508 e. The van der Waals surface area contributed by atoms with E-state index in [9.17, 15) is 14.7 Å². The lowest BCUT2D eigenvalue weighted by atomic mass is 9.86. The highest BCUT2D eigenvalue weighted by Crippen LogP contribution is 2.25. The molecule has 3 atom stereocenters. The van der Waals surface area contributed by atoms with E-state index in [1.54, 1.807) is 12.1 Å². The molecule has 0 aliphatic heterocycles. The summed E-state index contributed by atoms with van der Waals surface area (Å²) in [6.45, 7) is 11.0. The molecule has 13 heteroatoms. The molecule has 0 radical (unpaired) electrons. The minimum atomic E-state index is -0.982. The first-order valence-corrected chi connectivity index (χ1v) is 16.5. The number of nitrogens with zero attached hydrogens (tertiary/aromatic N) is 3. The van der Waals surface area contributed by atoms with Gasteiger partial charge in [-0.05, 0) is 97.9 Å². The summed E-state index contributed by atoms with van der Waals surface area (Å²) in [5.41, 5.74) is 27.4. The Bertz CT molecular complexity index is 1500. The predicted octanol–water partition coefficient (Wildman–Crippen LogP) is 2.68. The van der Waals surface area contributed by atoms with Crippen molar-refractivity contribution in [1.29, 1.82) is 0 Å². The van der Waals surface area contributed by atoms with Crippen LogP contribution in [0.1, 0.15) is 98.4 Å². The number of nitrogens with one attached hydrogen (secondary N) is 2. The van der Waals surface area contributed by atoms with Crippen molar-refractivity contribution in [2.75, 3.05) is 13.1 Å². The highest BCUT2D eigenvalue weighted by Gasteiger charge is 2.29. The number of hydrogen-bond donors (Lipinski definition) is 7. The van der Waals surface area contributed by atoms with Gasteiger partial charge in [0, 0.05) is 19.4 Å². The highest BCUT2D eigenvalue weighted by molar-refractivity contribution is 5.90. The first-order valence-electron chi connectivity index (χ1n) is 16.5. The van der Waals surface area contributed by atoms with E-state index in [0.717, 1.165) is 28.7 Å². The minimum absolute atomic E-state index is 0.0338. The van der Waals surface area contributed by atoms with Crippen molar-refractivity contribution in [3.8, 4) is 5.75 Å². The molecule has 0 saturated carbocycles. The number of carbonyl (C=O) groups excluding carboxylic acids is 2. The Morgan fingerprint density at radius 2 is 1.65 bits per heavy atom. The van der Waals surface area contributed by atoms with E-state index >= 15 is 0 Å². The molecule has 3 rings (SSSR count). The smallest absolute Gasteiger partial charge is 0.249 e. The zero-order valence-corrected chi connectivity index (χ0v) is 28.9. The third-order valence-corrected chi connectivity index (χ3v) is 8.25. The average Bonchev–Trinajstić information content (AvgIpc) is 3.47. The maximum absolute atomic E-state index is 14.0. The van der Waals surface area contributed by atoms with Crippen LogP contribution in [0, 0.1) is 13.8 Å². The van der Waals surface area contributed by atoms with Gasteiger partial charge in [0.1, 0.15) is 17.8 Å². The van der Waals surface area contributed by atoms with Crippen LogP contribution in [0.15, 0.2) is 45.9 Å². The predicted molar refractivity (Wildman–Crippen MR) is 187 cm³/mol. The van der Waals surface area contributed by atoms with Gasteiger partial charge in [-0.15, -0.1) is 0 Å². The van der Waals surface area contributed by atoms with Crippen molar-refractivity contribution in [3.05, 3.63) is 75.9 Å². The molecule has 13 nitrogen and oxygen atoms in total. The van der Waals surface area contributed by atoms with Gasteiger partial charge < -0.3 is 43.2 Å². The number of amides is 2. The second-order valence-corrected chi connectivity index (χ2v) is 13.4. The summed E-state index contributed by atoms with van der Waals surface area (Å²) >= 11 is 0. The second kappa shape index (κ2) is 17.6. The summed E-state index contributed by atoms with van der Waals surface area (Å²) in [5.74, 6) is -0.0459. The molecule has 11 N–H and O–H groups in total. The molecule has 0 spiro atoms. The van der Waals surface area contributed by atoms with Gasteiger partial charge in [-0.1, -0.05) is 50.2 Å². The molecule has 0 aliphatic carbocycles. The summed E-state index contributed by atoms with van der Waals surface area (Å²) < 4.78 is 5.68. The molecule has 0 unspecified atom stereocenters. The summed E-state index contributed by atoms with van der Waals surface area (Å²) in [4.78, 5) is 35.8. The van der Waals surface area contributed by atoms with E-state index in [4.69, 9.17) is 27.5 Å². The zero-order valence-electron chi connectivity index (χ0n) is 28.9. The summed E-state index contributed by atoms with van der Waals surface area (Å²) in [7, 11) is 0. The third-order valence-electron chi connectivity index (χ3n) is 8.25. The maximum Gasteiger partial charge on any atom is 0.249 e. The Balaban J connectivity index is 1.82. The van der Waals surface area contributed by atoms with Crippen molar-refractivity contribution in [3.63, 3.8) is 0 Å². The first kappa shape index (κ1) is 38.0. The fourth-order valence-electron chi connectivity index (χ4n) is 5.44. The van der Waals surface area contributed by atoms with Crippen molar-refractivity contribution in [1.82, 2.24) is 20.8 Å². The highest BCUT2D eigenvalue weighted by atomic mass is 16.5. The minimum Gasteiger partial charge on any atom is -0.508 e. The summed E-state index contributed by atoms with van der Waals surface area (Å²) in [6.07, 6.45) is 3.41. The van der Waals surface area contributed by atoms with Crippen LogP contribution in [-0.4, -0.2) is 58.2 Å². The fourth-order valence-corrected chi connectivity index (χ4v) is 5.44. The quantitative estimate of drug-likeness (QED) is 0.0633. The Labute approximate surface area is 283 Å². The lowest BCUT2D eigenvalue weighted by Crippen LogP contribution is -2.53. The molecule has 0 fully saturated rings. The maximum atomic E-state index is 14.0. The third kappa shape index (κ3) is 11.6. The molecule has 0 aliphatic rings. The van der Waals surface area contributed by atoms with Gasteiger partial charge in [0.25, 0.3) is 0 Å². The van der Waals surface area contributed by atoms with Gasteiger partial charge in [-0.3, -0.25) is 14.6 Å². The van der Waals surface area contributed by atoms with Gasteiger partial charge >= 0.3 is 0 Å². The molecule has 0 saturated heterocycles. The number of phenols is 1. The molecule has 2 aromatic carbocycles. The zero-order chi connectivity index (χ0) is 35.4. The molecule has 3 aromatic rings. The first-order chi connectivity index (χ1) is 22.7. The molecular formula is C35H53N9O4. The van der Waals surface area contributed by atoms with E-state index < -0.39 is 29.9 Å². The van der Waals surface area contributed by atoms with E-state index in [-0.39, 0.29) is 29.4 Å². The molecule has 48 heavy (non-hydrogen) atoms. The lowest BCUT2D eigenvalue weighted by molar-refractivity contribution is -0.130. The van der Waals surface area contributed by atoms with E-state index in [2.05, 4.69) is 70.8 Å². The lowest BCUT2D eigenvalue weighted by Gasteiger charge is -2.24. The normalized spacial score (nSPS) is 13.4. The fraction of sp³-hybridized carbons (Fsp3) is 0.514. The molecule has 0 bridgehead atoms. The number of carbonyl (C=O) groups is 2. The Hall–Kier alpha value is -4.49. The number of phenolic OH excluding ortho intramolecular Hbond substituents is 1. The Morgan fingerprint density at radius 3 is 2.25 bits per heavy atom. The number of aliphatic imine (C=N–C) groups is 1. The van der Waals surface area contributed by atoms with E-state index in [1.807, 2.05) is 13.8 Å². The second-order valence-electron chi connectivity index (χ2n) is 13.4. The van der Waals surface area contributed by atoms with Gasteiger partial charge in [0.05, 0.1) is 6.04 Å². The molecular weight excluding hydrogens is 610 g/mol. The number of hydrogen-bond acceptors (Lipinski definition) is 9. The Kier molecular flexibility index (Phi) is 13.9. The average molecular weight is 664 g/mol. The Morgan fingerprint density at radius 1 is 0.979 bits per heavy atom. The van der Waals surface area contributed by atoms with Crippen LogP contribution >= 0.6 is 0 Å². The van der Waals surface area contributed by atoms with Crippen LogP contribution in [-0.2, 0) is 27.8 Å². The number of rotatable bonds is 17. The van der Waals surface area contributed by atoms with Crippen LogP contribution in [0.3, 0.4) is 0 Å². The number of aromatic nitrogens is 2. The molecule has 1 aromatic heterocycles. The van der Waals surface area contributed by atoms with Gasteiger partial charge in [0.2, 0.25) is 17.7 Å². The molecule has 2 amide bonds. The van der Waals surface area contributed by atoms with Crippen LogP contribution < -0.4 is 33.6 Å². The van der Waals surface area contributed by atoms with E-state index in [1.165, 1.54) is 5.56 Å². The van der Waals surface area contributed by atoms with Crippen LogP contribution in [0.25, 0.3) is 0 Å². The number of aromatic hydroxyl groups is 1. The standard InChI is InChI=1S/C35H53N9O4/c1-21-17-25(45)18-22(2)26(21)20-29(42-31(46)27(37)9-8-16-40-34(38)39)32(47)41-28(10-6-7-15-36)33-43-30(44-48-33)19-23-11-13-24(14-12-23)35(3,4)5/h11-14,17-18,27-29,45H,6-10,15-16,19-20,36-37H2,1-5H3,(H,41,47)(H,42,46)(H4,38,39,40)/t27-,28+,29+/m1/s1. The van der Waals surface area contributed by atoms with Gasteiger partial charge in [-0.2, -0.15) is 4.98 Å². The number of benzene rings is 2. The number of guanidine groups is 1. The monoisotopic (exact) mass is 663 g/mol. The van der Waals surface area contributed by atoms with E-state index in [0.29, 0.717) is 51.0 Å². The van der Waals surface area contributed by atoms with Gasteiger partial charge in [-0.25, -0.2) is 0 Å². The van der Waals surface area contributed by atoms with Crippen LogP contribution in [0.2, 0.25) is 0 Å². The summed E-state index contributed by atoms with van der Waals surface area (Å²) in [5, 5.41) is 20.2. The number of nitrogens with two attached hydrogens (primary N) is 4. The molecule has 262 valence electrons. The number of aryl methyl sites for hydroxylation is 2. The van der Waals surface area contributed by atoms with Crippen LogP contribution in [0.5, 0.6) is 5.75 Å². The van der Waals surface area contributed by atoms with Crippen molar-refractivity contribution < 1.29 is 19.2 Å². The van der Waals surface area contributed by atoms with Crippen LogP contribution in [0.4, 0.5) is 0 Å². The van der Waals surface area contributed by atoms with Crippen molar-refractivity contribution in [2.24, 2.45) is 27.9 Å². The van der Waals surface area contributed by atoms with Crippen molar-refractivity contribution in [2.45, 2.75) is 103 Å². The van der Waals surface area contributed by atoms with Crippen molar-refractivity contribution >= 4 is 17.8 Å². The van der Waals surface area contributed by atoms with Gasteiger partial charge in [0.15, 0.2) is 11.8 Å². The topological polar surface area (TPSA) is 234 Å².